The summed E-state index contributed by atoms with van der Waals surface area (Å²) >= 11 is 0. The zero-order chi connectivity index (χ0) is 20.8. The second kappa shape index (κ2) is 9.60. The number of aromatic nitrogens is 1. The van der Waals surface area contributed by atoms with Gasteiger partial charge in [-0.1, -0.05) is 0 Å². The topological polar surface area (TPSA) is 94.9 Å². The minimum atomic E-state index is -0.843. The van der Waals surface area contributed by atoms with E-state index in [0.29, 0.717) is 18.6 Å². The van der Waals surface area contributed by atoms with Gasteiger partial charge in [0, 0.05) is 31.0 Å². The highest BCUT2D eigenvalue weighted by Crippen LogP contribution is 2.27. The highest BCUT2D eigenvalue weighted by Gasteiger charge is 2.34. The second-order valence-electron chi connectivity index (χ2n) is 7.22. The highest BCUT2D eigenvalue weighted by molar-refractivity contribution is 5.97. The molecule has 29 heavy (non-hydrogen) atoms. The molecule has 2 aromatic rings. The molecule has 156 valence electrons. The molecule has 1 aliphatic rings. The first-order valence-electron chi connectivity index (χ1n) is 10.2. The molecule has 1 amide bonds. The summed E-state index contributed by atoms with van der Waals surface area (Å²) in [6.45, 7) is 5.70. The molecule has 7 nitrogen and oxygen atoms in total. The summed E-state index contributed by atoms with van der Waals surface area (Å²) in [7, 11) is 0. The van der Waals surface area contributed by atoms with E-state index in [1.807, 2.05) is 19.9 Å². The van der Waals surface area contributed by atoms with Gasteiger partial charge < -0.3 is 25.2 Å². The Morgan fingerprint density at radius 2 is 2.07 bits per heavy atom. The van der Waals surface area contributed by atoms with Gasteiger partial charge in [0.25, 0.3) is 5.91 Å². The van der Waals surface area contributed by atoms with Crippen molar-refractivity contribution in [2.75, 3.05) is 18.0 Å². The van der Waals surface area contributed by atoms with Gasteiger partial charge in [-0.2, -0.15) is 0 Å². The number of aromatic hydroxyl groups is 1. The number of hydrogen-bond acceptors (Lipinski definition) is 6. The van der Waals surface area contributed by atoms with E-state index in [0.717, 1.165) is 25.2 Å². The van der Waals surface area contributed by atoms with E-state index < -0.39 is 24.2 Å². The van der Waals surface area contributed by atoms with Crippen LogP contribution in [0, 0.1) is 0 Å². The SMILES string of the molecule is CCN(CC)c1ccc(C(=O)N[C@@H]2CCC[C@@H](Oc3cccnc3)[C@@H]2O)c(O)c1. The molecule has 1 fully saturated rings. The Labute approximate surface area is 171 Å². The fraction of sp³-hybridized carbons (Fsp3) is 0.455. The van der Waals surface area contributed by atoms with Gasteiger partial charge in [-0.3, -0.25) is 9.78 Å². The summed E-state index contributed by atoms with van der Waals surface area (Å²) in [5.74, 6) is 0.119. The van der Waals surface area contributed by atoms with Crippen LogP contribution < -0.4 is 15.0 Å². The van der Waals surface area contributed by atoms with Crippen LogP contribution >= 0.6 is 0 Å². The van der Waals surface area contributed by atoms with E-state index in [1.54, 1.807) is 36.7 Å². The van der Waals surface area contributed by atoms with Gasteiger partial charge in [-0.25, -0.2) is 0 Å². The molecule has 0 radical (unpaired) electrons. The van der Waals surface area contributed by atoms with E-state index in [9.17, 15) is 15.0 Å². The zero-order valence-corrected chi connectivity index (χ0v) is 16.9. The summed E-state index contributed by atoms with van der Waals surface area (Å²) in [6, 6.07) is 8.17. The molecule has 0 saturated heterocycles. The second-order valence-corrected chi connectivity index (χ2v) is 7.22. The number of aliphatic hydroxyl groups excluding tert-OH is 1. The maximum atomic E-state index is 12.7. The first-order valence-corrected chi connectivity index (χ1v) is 10.2. The third kappa shape index (κ3) is 4.98. The number of ether oxygens (including phenoxy) is 1. The van der Waals surface area contributed by atoms with E-state index in [1.165, 1.54) is 0 Å². The van der Waals surface area contributed by atoms with E-state index in [2.05, 4.69) is 15.2 Å². The van der Waals surface area contributed by atoms with Crippen LogP contribution in [0.2, 0.25) is 0 Å². The number of pyridine rings is 1. The third-order valence-corrected chi connectivity index (χ3v) is 5.39. The maximum absolute atomic E-state index is 12.7. The van der Waals surface area contributed by atoms with Crippen molar-refractivity contribution in [1.29, 1.82) is 0 Å². The first kappa shape index (κ1) is 20.9. The Hall–Kier alpha value is -2.80. The van der Waals surface area contributed by atoms with E-state index in [-0.39, 0.29) is 11.3 Å². The number of benzene rings is 1. The number of anilines is 1. The largest absolute Gasteiger partial charge is 0.507 e. The molecule has 1 aromatic heterocycles. The van der Waals surface area contributed by atoms with Crippen LogP contribution in [-0.4, -0.2) is 52.4 Å². The van der Waals surface area contributed by atoms with Gasteiger partial charge in [0.1, 0.15) is 23.7 Å². The summed E-state index contributed by atoms with van der Waals surface area (Å²) in [5, 5.41) is 23.9. The number of phenolic OH excluding ortho intramolecular Hbond substituents is 1. The minimum absolute atomic E-state index is 0.0691. The molecule has 0 aliphatic heterocycles. The van der Waals surface area contributed by atoms with Crippen LogP contribution in [0.3, 0.4) is 0 Å². The van der Waals surface area contributed by atoms with Crippen molar-refractivity contribution < 1.29 is 19.7 Å². The molecular weight excluding hydrogens is 370 g/mol. The van der Waals surface area contributed by atoms with E-state index >= 15 is 0 Å². The first-order chi connectivity index (χ1) is 14.0. The minimum Gasteiger partial charge on any atom is -0.507 e. The lowest BCUT2D eigenvalue weighted by Gasteiger charge is -2.35. The lowest BCUT2D eigenvalue weighted by Crippen LogP contribution is -2.52. The molecular formula is C22H29N3O4. The van der Waals surface area contributed by atoms with Crippen molar-refractivity contribution in [2.45, 2.75) is 51.4 Å². The molecule has 0 spiro atoms. The van der Waals surface area contributed by atoms with Gasteiger partial charge >= 0.3 is 0 Å². The summed E-state index contributed by atoms with van der Waals surface area (Å²) in [6.07, 6.45) is 4.17. The Kier molecular flexibility index (Phi) is 6.93. The summed E-state index contributed by atoms with van der Waals surface area (Å²) in [4.78, 5) is 18.8. The fourth-order valence-corrected chi connectivity index (χ4v) is 3.76. The Bertz CT molecular complexity index is 811. The Morgan fingerprint density at radius 1 is 1.28 bits per heavy atom. The van der Waals surface area contributed by atoms with Gasteiger partial charge in [-0.05, 0) is 57.4 Å². The molecule has 1 heterocycles. The van der Waals surface area contributed by atoms with Gasteiger partial charge in [0.2, 0.25) is 0 Å². The monoisotopic (exact) mass is 399 g/mol. The quantitative estimate of drug-likeness (QED) is 0.663. The van der Waals surface area contributed by atoms with Crippen molar-refractivity contribution in [3.63, 3.8) is 0 Å². The normalized spacial score (nSPS) is 21.4. The van der Waals surface area contributed by atoms with E-state index in [4.69, 9.17) is 4.74 Å². The molecule has 0 bridgehead atoms. The molecule has 7 heteroatoms. The number of nitrogens with zero attached hydrogens (tertiary/aromatic N) is 2. The van der Waals surface area contributed by atoms with Crippen LogP contribution in [-0.2, 0) is 0 Å². The lowest BCUT2D eigenvalue weighted by atomic mass is 9.89. The van der Waals surface area contributed by atoms with Gasteiger partial charge in [-0.15, -0.1) is 0 Å². The summed E-state index contributed by atoms with van der Waals surface area (Å²) in [5.41, 5.74) is 1.06. The molecule has 1 saturated carbocycles. The van der Waals surface area contributed by atoms with Crippen molar-refractivity contribution in [3.05, 3.63) is 48.3 Å². The Morgan fingerprint density at radius 3 is 2.72 bits per heavy atom. The molecule has 3 rings (SSSR count). The third-order valence-electron chi connectivity index (χ3n) is 5.39. The molecule has 1 aromatic carbocycles. The van der Waals surface area contributed by atoms with Gasteiger partial charge in [0.05, 0.1) is 17.8 Å². The van der Waals surface area contributed by atoms with Crippen LogP contribution in [0.25, 0.3) is 0 Å². The molecule has 0 unspecified atom stereocenters. The number of rotatable bonds is 7. The predicted molar refractivity (Wildman–Crippen MR) is 111 cm³/mol. The number of carbonyl (C=O) groups is 1. The predicted octanol–water partition coefficient (Wildman–Crippen LogP) is 2.72. The van der Waals surface area contributed by atoms with Crippen molar-refractivity contribution in [3.8, 4) is 11.5 Å². The van der Waals surface area contributed by atoms with Crippen molar-refractivity contribution >= 4 is 11.6 Å². The smallest absolute Gasteiger partial charge is 0.255 e. The Balaban J connectivity index is 1.66. The van der Waals surface area contributed by atoms with Gasteiger partial charge in [0.15, 0.2) is 0 Å². The number of aliphatic hydroxyl groups is 1. The van der Waals surface area contributed by atoms with Crippen LogP contribution in [0.4, 0.5) is 5.69 Å². The molecule has 1 aliphatic carbocycles. The summed E-state index contributed by atoms with van der Waals surface area (Å²) < 4.78 is 5.86. The number of nitrogens with one attached hydrogen (secondary N) is 1. The van der Waals surface area contributed by atoms with Crippen molar-refractivity contribution in [2.24, 2.45) is 0 Å². The maximum Gasteiger partial charge on any atom is 0.255 e. The standard InChI is InChI=1S/C22H29N3O4/c1-3-25(4-2)15-10-11-17(19(26)13-15)22(28)24-18-8-5-9-20(21(18)27)29-16-7-6-12-23-14-16/h6-7,10-14,18,20-21,26-27H,3-5,8-9H2,1-2H3,(H,24,28)/t18-,20-,21-/m1/s1. The average molecular weight is 399 g/mol. The highest BCUT2D eigenvalue weighted by atomic mass is 16.5. The van der Waals surface area contributed by atoms with Crippen LogP contribution in [0.5, 0.6) is 11.5 Å². The van der Waals surface area contributed by atoms with Crippen LogP contribution in [0.15, 0.2) is 42.7 Å². The number of carbonyl (C=O) groups excluding carboxylic acids is 1. The fourth-order valence-electron chi connectivity index (χ4n) is 3.76. The zero-order valence-electron chi connectivity index (χ0n) is 16.9. The average Bonchev–Trinajstić information content (AvgIpc) is 2.72. The number of amides is 1. The molecule has 3 atom stereocenters. The number of hydrogen-bond donors (Lipinski definition) is 3. The van der Waals surface area contributed by atoms with Crippen molar-refractivity contribution in [1.82, 2.24) is 10.3 Å². The molecule has 3 N–H and O–H groups in total. The van der Waals surface area contributed by atoms with Crippen LogP contribution in [0.1, 0.15) is 43.5 Å². The number of phenols is 1. The lowest BCUT2D eigenvalue weighted by molar-refractivity contribution is -0.0142.